The van der Waals surface area contributed by atoms with E-state index in [2.05, 4.69) is 19.9 Å². The van der Waals surface area contributed by atoms with Crippen molar-refractivity contribution in [2.45, 2.75) is 6.32 Å². The first kappa shape index (κ1) is 2.25. The van der Waals surface area contributed by atoms with Crippen molar-refractivity contribution in [1.82, 2.24) is 0 Å². The molecule has 1 aliphatic heterocycles. The fraction of sp³-hybridized carbons (Fsp3) is 0.500. The third-order valence-electron chi connectivity index (χ3n) is 0.544. The second kappa shape index (κ2) is 0.750. The van der Waals surface area contributed by atoms with Crippen LogP contribution in [0.4, 0.5) is 0 Å². The van der Waals surface area contributed by atoms with Crippen molar-refractivity contribution in [1.29, 1.82) is 0 Å². The fourth-order valence-corrected chi connectivity index (χ4v) is 0.136. The number of hydrogen-bond acceptors (Lipinski definition) is 0. The molecular formula is C2H3B2. The average molecular weight is 48.7 g/mol. The van der Waals surface area contributed by atoms with Gasteiger partial charge in [-0.25, -0.2) is 0 Å². The molecule has 1 heterocycles. The van der Waals surface area contributed by atoms with Gasteiger partial charge in [0.2, 0.25) is 0 Å². The van der Waals surface area contributed by atoms with Crippen LogP contribution in [0.2, 0.25) is 6.32 Å². The summed E-state index contributed by atoms with van der Waals surface area (Å²) >= 11 is 0. The molecule has 0 atom stereocenters. The summed E-state index contributed by atoms with van der Waals surface area (Å²) in [5, 5.41) is 0. The second-order valence-corrected chi connectivity index (χ2v) is 0.900. The van der Waals surface area contributed by atoms with Crippen LogP contribution in [-0.2, 0) is 0 Å². The molecule has 0 spiro atoms. The molecule has 2 heteroatoms. The molecule has 0 nitrogen and oxygen atoms in total. The van der Waals surface area contributed by atoms with Gasteiger partial charge in [-0.3, -0.25) is 0 Å². The van der Waals surface area contributed by atoms with Crippen molar-refractivity contribution in [3.8, 4) is 0 Å². The van der Waals surface area contributed by atoms with Gasteiger partial charge in [0.15, 0.2) is 0 Å². The molecule has 0 saturated heterocycles. The third kappa shape index (κ3) is 0.125. The van der Waals surface area contributed by atoms with Crippen LogP contribution >= 0.6 is 0 Å². The summed E-state index contributed by atoms with van der Waals surface area (Å²) in [5.74, 6) is 2.12. The molecule has 1 rings (SSSR count). The first-order valence-corrected chi connectivity index (χ1v) is 1.48. The second-order valence-electron chi connectivity index (χ2n) is 0.900. The van der Waals surface area contributed by atoms with Crippen LogP contribution in [-0.4, -0.2) is 19.9 Å². The molecule has 0 N–H and O–H groups in total. The van der Waals surface area contributed by atoms with Crippen LogP contribution in [0.5, 0.6) is 0 Å². The van der Waals surface area contributed by atoms with E-state index >= 15 is 0 Å². The Morgan fingerprint density at radius 3 is 2.00 bits per heavy atom. The number of rotatable bonds is 0. The molecule has 4 heavy (non-hydrogen) atoms. The van der Waals surface area contributed by atoms with E-state index in [4.69, 9.17) is 0 Å². The first-order chi connectivity index (χ1) is 2.00. The van der Waals surface area contributed by atoms with E-state index < -0.39 is 0 Å². The van der Waals surface area contributed by atoms with Crippen molar-refractivity contribution >= 4 is 19.9 Å². The molecule has 0 aromatic heterocycles. The standard InChI is InChI=1S/C2H3B2/c1-2-4-3-1/h1H,2H2. The predicted molar refractivity (Wildman–Crippen MR) is 22.4 cm³/mol. The van der Waals surface area contributed by atoms with Crippen molar-refractivity contribution < 1.29 is 0 Å². The minimum absolute atomic E-state index is 1.19. The van der Waals surface area contributed by atoms with Crippen LogP contribution in [0.15, 0.2) is 0 Å². The van der Waals surface area contributed by atoms with Crippen molar-refractivity contribution in [2.24, 2.45) is 0 Å². The van der Waals surface area contributed by atoms with Crippen molar-refractivity contribution in [3.63, 3.8) is 0 Å². The average Bonchev–Trinajstić information content (AvgIpc) is 0.722. The van der Waals surface area contributed by atoms with Crippen LogP contribution in [0.3, 0.4) is 0 Å². The molecule has 17 valence electrons. The van der Waals surface area contributed by atoms with E-state index in [1.807, 2.05) is 0 Å². The van der Waals surface area contributed by atoms with Crippen LogP contribution in [0.25, 0.3) is 0 Å². The Hall–Kier alpha value is -0.000130. The Bertz CT molecular complexity index is 33.3. The molecule has 0 aliphatic carbocycles. The summed E-state index contributed by atoms with van der Waals surface area (Å²) in [6.07, 6.45) is 1.19. The maximum atomic E-state index is 2.12. The van der Waals surface area contributed by atoms with E-state index in [0.717, 1.165) is 0 Å². The van der Waals surface area contributed by atoms with E-state index in [1.54, 1.807) is 0 Å². The van der Waals surface area contributed by atoms with Gasteiger partial charge in [0, 0.05) is 0 Å². The molecule has 0 amide bonds. The third-order valence-corrected chi connectivity index (χ3v) is 0.544. The molecule has 0 saturated carbocycles. The van der Waals surface area contributed by atoms with Crippen LogP contribution in [0, 0.1) is 0 Å². The Kier molecular flexibility index (Phi) is 0.422. The SMILES string of the molecule is [B]1B=CC1. The summed E-state index contributed by atoms with van der Waals surface area (Å²) < 4.78 is 0. The quantitative estimate of drug-likeness (QED) is 0.325. The molecular weight excluding hydrogens is 45.6 g/mol. The van der Waals surface area contributed by atoms with Gasteiger partial charge in [0.1, 0.15) is 0 Å². The molecule has 0 aromatic carbocycles. The Labute approximate surface area is 27.3 Å². The predicted octanol–water partition coefficient (Wildman–Crippen LogP) is -0.456. The van der Waals surface area contributed by atoms with E-state index in [-0.39, 0.29) is 0 Å². The molecule has 0 fully saturated rings. The topological polar surface area (TPSA) is 0 Å². The van der Waals surface area contributed by atoms with Gasteiger partial charge in [-0.1, -0.05) is 0 Å². The minimum atomic E-state index is 1.19. The van der Waals surface area contributed by atoms with Gasteiger partial charge in [-0.15, -0.1) is 0 Å². The van der Waals surface area contributed by atoms with E-state index in [0.29, 0.717) is 0 Å². The van der Waals surface area contributed by atoms with Crippen molar-refractivity contribution in [2.75, 3.05) is 0 Å². The molecule has 0 unspecified atom stereocenters. The zero-order valence-corrected chi connectivity index (χ0v) is 2.44. The van der Waals surface area contributed by atoms with E-state index in [9.17, 15) is 0 Å². The Balaban J connectivity index is 2.47. The van der Waals surface area contributed by atoms with Crippen LogP contribution < -0.4 is 0 Å². The Morgan fingerprint density at radius 1 is 1.75 bits per heavy atom. The van der Waals surface area contributed by atoms with Gasteiger partial charge in [0.25, 0.3) is 0 Å². The zero-order valence-electron chi connectivity index (χ0n) is 2.44. The van der Waals surface area contributed by atoms with E-state index in [1.165, 1.54) is 6.32 Å². The monoisotopic (exact) mass is 49.0 g/mol. The van der Waals surface area contributed by atoms with Gasteiger partial charge in [0.05, 0.1) is 0 Å². The summed E-state index contributed by atoms with van der Waals surface area (Å²) in [6.45, 7) is 2.06. The van der Waals surface area contributed by atoms with Gasteiger partial charge in [-0.2, -0.15) is 0 Å². The number of hydrogen-bond donors (Lipinski definition) is 0. The summed E-state index contributed by atoms with van der Waals surface area (Å²) in [5.41, 5.74) is 0. The first-order valence-electron chi connectivity index (χ1n) is 1.48. The molecule has 1 aliphatic rings. The summed E-state index contributed by atoms with van der Waals surface area (Å²) in [4.78, 5) is 0. The van der Waals surface area contributed by atoms with Gasteiger partial charge in [-0.05, 0) is 0 Å². The summed E-state index contributed by atoms with van der Waals surface area (Å²) in [7, 11) is 2.12. The zero-order chi connectivity index (χ0) is 2.83. The Morgan fingerprint density at radius 2 is 2.00 bits per heavy atom. The maximum absolute atomic E-state index is 2.12. The molecule has 1 radical (unpaired) electrons. The van der Waals surface area contributed by atoms with Gasteiger partial charge >= 0.3 is 26.3 Å². The van der Waals surface area contributed by atoms with Gasteiger partial charge < -0.3 is 0 Å². The summed E-state index contributed by atoms with van der Waals surface area (Å²) in [6, 6.07) is 0. The van der Waals surface area contributed by atoms with Crippen molar-refractivity contribution in [3.05, 3.63) is 0 Å². The fourth-order valence-electron chi connectivity index (χ4n) is 0.136. The normalized spacial score (nSPS) is 16.0. The molecule has 0 aromatic rings. The molecule has 0 bridgehead atoms. The van der Waals surface area contributed by atoms with Crippen LogP contribution in [0.1, 0.15) is 0 Å².